The Balaban J connectivity index is 0.000000155. The van der Waals surface area contributed by atoms with Crippen molar-refractivity contribution in [2.75, 3.05) is 6.61 Å². The Morgan fingerprint density at radius 1 is 0.262 bits per heavy atom. The number of carbonyl (C=O) groups is 1. The van der Waals surface area contributed by atoms with Crippen LogP contribution in [0.25, 0.3) is 0 Å². The standard InChI is InChI=1S/C24H27NO2.2C23H26O.C22H25N.2C21H24N2.CH4/c1-6-27-22(26)21-12-10-18(16-25-21)8-7-17-9-11-19-20(15-17)24(4,5)14-13-23(19,2)3;1-16-6-9-18(21(24)14-16)10-7-17-8-11-19-20(15-17)23(4,5)13-12-22(19,2)3;1-16-6-7-18(15-21(16)24)9-8-17-10-11-19-20(14-17)23(4,5)13-12-22(19,2)3;1-16-6-7-18(15-23-16)9-8-17-10-11-19-20(14-17)22(4,5)13-12-21(19,2)3;1-15-13-23-17(14-22-15)8-6-16-7-9-18-19(12-16)21(4,5)11-10-20(18,2)3;1-15-22-13-17(14-23-15)7-6-16-8-9-18-19(12-16)21(4,5)11-10-20(18,2)3;/h9-12,15-16H,6,13-14H2,1-5H3;6,8-9,11,14-15,24H,12-13H2,1-5H3;6-7,10-11,14-15,24H,12-13H2,1-5H3;6-7,10-11,14-15H,12-13H2,1-5H3;7,9,12-14H,10-11H2,1-5H3;8-9,12-14H,10-11H2,1-5H3;1H4. The van der Waals surface area contributed by atoms with Crippen LogP contribution >= 0.6 is 0 Å². The molecule has 0 bridgehead atoms. The minimum absolute atomic E-state index is 0. The lowest BCUT2D eigenvalue weighted by Crippen LogP contribution is -2.33. The van der Waals surface area contributed by atoms with Crippen LogP contribution in [0, 0.1) is 106 Å². The van der Waals surface area contributed by atoms with Crippen LogP contribution in [0.5, 0.6) is 11.5 Å². The summed E-state index contributed by atoms with van der Waals surface area (Å²) in [6.07, 6.45) is 25.1. The highest BCUT2D eigenvalue weighted by atomic mass is 16.5. The second-order valence-corrected chi connectivity index (χ2v) is 48.6. The number of aromatic nitrogens is 6. The highest BCUT2D eigenvalue weighted by Crippen LogP contribution is 2.53. The molecule has 750 valence electrons. The number of pyridine rings is 2. The Kier molecular flexibility index (Phi) is 33.4. The van der Waals surface area contributed by atoms with Crippen LogP contribution in [0.15, 0.2) is 207 Å². The Morgan fingerprint density at radius 2 is 0.538 bits per heavy atom. The van der Waals surface area contributed by atoms with Crippen LogP contribution in [0.4, 0.5) is 0 Å². The first-order valence-corrected chi connectivity index (χ1v) is 51.7. The molecule has 0 radical (unpaired) electrons. The fraction of sp³-hybridized carbons (Fsp3) is 0.415. The number of fused-ring (bicyclic) bond motifs is 6. The molecule has 10 heteroatoms. The molecule has 18 rings (SSSR count). The van der Waals surface area contributed by atoms with Gasteiger partial charge in [0.05, 0.1) is 29.6 Å². The van der Waals surface area contributed by atoms with E-state index < -0.39 is 5.97 Å². The van der Waals surface area contributed by atoms with Crippen LogP contribution < -0.4 is 0 Å². The molecule has 6 aliphatic rings. The first-order chi connectivity index (χ1) is 67.4. The summed E-state index contributed by atoms with van der Waals surface area (Å²) >= 11 is 0. The summed E-state index contributed by atoms with van der Waals surface area (Å²) in [5, 5.41) is 19.8. The number of hydrogen-bond acceptors (Lipinski definition) is 10. The Hall–Kier alpha value is -13.4. The van der Waals surface area contributed by atoms with Crippen molar-refractivity contribution in [1.29, 1.82) is 0 Å². The number of rotatable bonds is 2. The first-order valence-electron chi connectivity index (χ1n) is 51.7. The highest BCUT2D eigenvalue weighted by molar-refractivity contribution is 5.87. The van der Waals surface area contributed by atoms with E-state index in [1.807, 2.05) is 77.2 Å². The van der Waals surface area contributed by atoms with Gasteiger partial charge in [0, 0.05) is 86.7 Å². The number of phenolic OH excluding ortho intramolecular Hbond substituents is 2. The normalized spacial score (nSPS) is 17.4. The molecule has 4 aromatic heterocycles. The number of aromatic hydroxyl groups is 2. The van der Waals surface area contributed by atoms with E-state index in [-0.39, 0.29) is 78.2 Å². The second kappa shape index (κ2) is 43.9. The van der Waals surface area contributed by atoms with E-state index >= 15 is 0 Å². The Labute approximate surface area is 870 Å². The lowest BCUT2D eigenvalue weighted by atomic mass is 9.63. The third kappa shape index (κ3) is 27.3. The van der Waals surface area contributed by atoms with Crippen molar-refractivity contribution in [3.05, 3.63) is 375 Å². The van der Waals surface area contributed by atoms with E-state index in [2.05, 4.69) is 376 Å². The molecule has 2 N–H and O–H groups in total. The quantitative estimate of drug-likeness (QED) is 0.127. The van der Waals surface area contributed by atoms with Crippen molar-refractivity contribution in [2.45, 2.75) is 357 Å². The predicted octanol–water partition coefficient (Wildman–Crippen LogP) is 30.7. The molecule has 145 heavy (non-hydrogen) atoms. The zero-order valence-electron chi connectivity index (χ0n) is 91.7. The van der Waals surface area contributed by atoms with Crippen molar-refractivity contribution in [3.8, 4) is 82.5 Å². The van der Waals surface area contributed by atoms with Gasteiger partial charge in [-0.3, -0.25) is 9.97 Å². The number of ether oxygens (including phenoxy) is 1. The maximum absolute atomic E-state index is 11.7. The zero-order chi connectivity index (χ0) is 105. The maximum Gasteiger partial charge on any atom is 0.356 e. The van der Waals surface area contributed by atoms with Crippen molar-refractivity contribution >= 4 is 5.97 Å². The van der Waals surface area contributed by atoms with Crippen LogP contribution in [0.1, 0.15) is 430 Å². The SMILES string of the molecule is C.CCOC(=O)c1ccc(C#Cc2ccc3c(c2)C(C)(C)CCC3(C)C)cn1.Cc1ccc(C#Cc2ccc3c(c2)C(C)(C)CCC3(C)C)c(O)c1.Cc1ccc(C#Cc2ccc3c(c2)C(C)(C)CCC3(C)C)cc1O.Cc1ccc(C#Cc2ccc3c(c2)C(C)(C)CCC3(C)C)cn1.Cc1cnc(C#Cc2ccc3c(c2)C(C)(C)CCC3(C)C)cn1.Cc1ncc(C#Cc2ccc3c(c2)C(C)(C)CCC3(C)C)cn1. The summed E-state index contributed by atoms with van der Waals surface area (Å²) in [4.78, 5) is 37.0. The van der Waals surface area contributed by atoms with Gasteiger partial charge in [-0.05, 0) is 389 Å². The van der Waals surface area contributed by atoms with Gasteiger partial charge in [-0.2, -0.15) is 0 Å². The molecular formula is C135H156N6O4. The van der Waals surface area contributed by atoms with Gasteiger partial charge in [-0.15, -0.1) is 0 Å². The third-order valence-corrected chi connectivity index (χ3v) is 31.3. The third-order valence-electron chi connectivity index (χ3n) is 31.3. The highest BCUT2D eigenvalue weighted by Gasteiger charge is 2.43. The molecule has 0 saturated heterocycles. The maximum atomic E-state index is 11.7. The molecule has 0 amide bonds. The van der Waals surface area contributed by atoms with E-state index in [0.29, 0.717) is 29.3 Å². The first kappa shape index (κ1) is 110. The fourth-order valence-electron chi connectivity index (χ4n) is 20.5. The summed E-state index contributed by atoms with van der Waals surface area (Å²) in [6.45, 7) is 67.8. The summed E-state index contributed by atoms with van der Waals surface area (Å²) < 4.78 is 4.95. The van der Waals surface area contributed by atoms with E-state index in [4.69, 9.17) is 4.74 Å². The van der Waals surface area contributed by atoms with Crippen molar-refractivity contribution in [2.24, 2.45) is 0 Å². The van der Waals surface area contributed by atoms with Gasteiger partial charge in [0.1, 0.15) is 28.7 Å². The average molecular weight is 1930 g/mol. The molecule has 8 aromatic carbocycles. The monoisotopic (exact) mass is 1930 g/mol. The number of hydrogen-bond donors (Lipinski definition) is 2. The lowest BCUT2D eigenvalue weighted by Gasteiger charge is -2.41. The molecule has 0 unspecified atom stereocenters. The van der Waals surface area contributed by atoms with E-state index in [1.54, 1.807) is 62.2 Å². The summed E-state index contributed by atoms with van der Waals surface area (Å²) in [6, 6.07) is 58.6. The molecule has 0 saturated carbocycles. The molecule has 4 heterocycles. The van der Waals surface area contributed by atoms with E-state index in [0.717, 1.165) is 84.0 Å². The summed E-state index contributed by atoms with van der Waals surface area (Å²) in [5.74, 6) is 39.4. The van der Waals surface area contributed by atoms with Gasteiger partial charge < -0.3 is 14.9 Å². The minimum atomic E-state index is -0.406. The summed E-state index contributed by atoms with van der Waals surface area (Å²) in [5.41, 5.74) is 35.3. The predicted molar refractivity (Wildman–Crippen MR) is 601 cm³/mol. The van der Waals surface area contributed by atoms with Gasteiger partial charge in [0.2, 0.25) is 0 Å². The largest absolute Gasteiger partial charge is 0.508 e. The average Bonchev–Trinajstić information content (AvgIpc) is 0.778. The van der Waals surface area contributed by atoms with Crippen LogP contribution in [-0.2, 0) is 69.7 Å². The van der Waals surface area contributed by atoms with E-state index in [9.17, 15) is 15.0 Å². The fourth-order valence-corrected chi connectivity index (χ4v) is 20.5. The van der Waals surface area contributed by atoms with Gasteiger partial charge in [0.25, 0.3) is 0 Å². The smallest absolute Gasteiger partial charge is 0.356 e. The second-order valence-electron chi connectivity index (χ2n) is 48.6. The molecule has 0 spiro atoms. The van der Waals surface area contributed by atoms with Gasteiger partial charge >= 0.3 is 5.97 Å². The molecule has 0 aliphatic heterocycles. The molecule has 0 fully saturated rings. The zero-order valence-corrected chi connectivity index (χ0v) is 91.7. The van der Waals surface area contributed by atoms with Gasteiger partial charge in [-0.25, -0.2) is 24.7 Å². The topological polar surface area (TPSA) is 144 Å². The van der Waals surface area contributed by atoms with Crippen LogP contribution in [0.2, 0.25) is 0 Å². The van der Waals surface area contributed by atoms with Crippen molar-refractivity contribution in [1.82, 2.24) is 29.9 Å². The van der Waals surface area contributed by atoms with Crippen LogP contribution in [-0.4, -0.2) is 52.7 Å². The summed E-state index contributed by atoms with van der Waals surface area (Å²) in [7, 11) is 0. The molecule has 12 aromatic rings. The number of nitrogens with zero attached hydrogens (tertiary/aromatic N) is 6. The Morgan fingerprint density at radius 3 is 0.834 bits per heavy atom. The number of phenols is 2. The van der Waals surface area contributed by atoms with Crippen molar-refractivity contribution < 1.29 is 19.7 Å². The number of carbonyl (C=O) groups excluding carboxylic acids is 1. The van der Waals surface area contributed by atoms with E-state index in [1.165, 1.54) is 144 Å². The molecular weight excluding hydrogens is 1770 g/mol. The number of benzene rings is 8. The number of aryl methyl sites for hydroxylation is 5. The number of esters is 1. The van der Waals surface area contributed by atoms with Crippen molar-refractivity contribution in [3.63, 3.8) is 0 Å². The Bertz CT molecular complexity index is 6860. The molecule has 6 aliphatic carbocycles. The molecule has 10 nitrogen and oxygen atoms in total. The van der Waals surface area contributed by atoms with Crippen LogP contribution in [0.3, 0.4) is 0 Å². The minimum Gasteiger partial charge on any atom is -0.508 e. The lowest BCUT2D eigenvalue weighted by molar-refractivity contribution is 0.0519. The van der Waals surface area contributed by atoms with Gasteiger partial charge in [0.15, 0.2) is 0 Å². The van der Waals surface area contributed by atoms with Gasteiger partial charge in [-0.1, -0.05) is 287 Å². The molecule has 0 atom stereocenters.